The number of benzene rings is 1. The second-order valence-electron chi connectivity index (χ2n) is 5.40. The summed E-state index contributed by atoms with van der Waals surface area (Å²) in [5.41, 5.74) is 2.61. The lowest BCUT2D eigenvalue weighted by Crippen LogP contribution is -2.48. The van der Waals surface area contributed by atoms with Crippen LogP contribution in [0, 0.1) is 0 Å². The molecule has 4 rings (SSSR count). The van der Waals surface area contributed by atoms with Crippen molar-refractivity contribution in [2.75, 3.05) is 24.5 Å². The summed E-state index contributed by atoms with van der Waals surface area (Å²) in [5.74, 6) is 1.42. The molecule has 2 N–H and O–H groups in total. The molecule has 0 saturated carbocycles. The second-order valence-corrected chi connectivity index (χ2v) is 5.80. The average molecular weight is 328 g/mol. The molecule has 1 amide bonds. The lowest BCUT2D eigenvalue weighted by Gasteiger charge is -2.27. The molecular weight excluding hydrogens is 314 g/mol. The predicted molar refractivity (Wildman–Crippen MR) is 89.6 cm³/mol. The Kier molecular flexibility index (Phi) is 3.38. The minimum absolute atomic E-state index is 0.00159. The Morgan fingerprint density at radius 1 is 1.26 bits per heavy atom. The molecule has 1 fully saturated rings. The Morgan fingerprint density at radius 2 is 2.13 bits per heavy atom. The fraction of sp³-hybridized carbons (Fsp3) is 0.188. The molecule has 0 spiro atoms. The van der Waals surface area contributed by atoms with Crippen LogP contribution in [-0.2, 0) is 4.79 Å². The molecule has 0 radical (unpaired) electrons. The lowest BCUT2D eigenvalue weighted by molar-refractivity contribution is -0.120. The van der Waals surface area contributed by atoms with Crippen molar-refractivity contribution in [3.05, 3.63) is 41.6 Å². The van der Waals surface area contributed by atoms with Crippen LogP contribution in [0.15, 0.2) is 36.5 Å². The topological polar surface area (TPSA) is 73.9 Å². The zero-order chi connectivity index (χ0) is 15.8. The van der Waals surface area contributed by atoms with Gasteiger partial charge in [0, 0.05) is 24.8 Å². The predicted octanol–water partition coefficient (Wildman–Crippen LogP) is 2.21. The van der Waals surface area contributed by atoms with Gasteiger partial charge in [0.2, 0.25) is 5.91 Å². The maximum absolute atomic E-state index is 11.6. The van der Waals surface area contributed by atoms with E-state index in [1.165, 1.54) is 0 Å². The quantitative estimate of drug-likeness (QED) is 0.757. The van der Waals surface area contributed by atoms with Gasteiger partial charge in [-0.3, -0.25) is 4.79 Å². The highest BCUT2D eigenvalue weighted by atomic mass is 35.5. The van der Waals surface area contributed by atoms with Crippen LogP contribution in [0.2, 0.25) is 5.02 Å². The van der Waals surface area contributed by atoms with Crippen molar-refractivity contribution in [1.82, 2.24) is 20.3 Å². The number of nitrogens with zero attached hydrogens (tertiary/aromatic N) is 3. The van der Waals surface area contributed by atoms with Gasteiger partial charge >= 0.3 is 0 Å². The summed E-state index contributed by atoms with van der Waals surface area (Å²) in [6.07, 6.45) is 1.60. The Hall–Kier alpha value is -2.60. The standard InChI is InChI=1S/C16H14ClN5O/c17-11-8-19-14(22-6-5-18-15(23)9-22)7-10(11)16-20-12-3-1-2-4-13(12)21-16/h1-4,7-8H,5-6,9H2,(H,18,23)(H,20,21). The van der Waals surface area contributed by atoms with Crippen molar-refractivity contribution in [2.24, 2.45) is 0 Å². The number of aromatic amines is 1. The Balaban J connectivity index is 1.75. The van der Waals surface area contributed by atoms with E-state index in [0.29, 0.717) is 23.9 Å². The molecule has 0 aliphatic carbocycles. The molecule has 23 heavy (non-hydrogen) atoms. The Labute approximate surface area is 137 Å². The maximum atomic E-state index is 11.6. The molecule has 0 bridgehead atoms. The highest BCUT2D eigenvalue weighted by molar-refractivity contribution is 6.33. The zero-order valence-corrected chi connectivity index (χ0v) is 13.0. The molecule has 0 unspecified atom stereocenters. The number of hydrogen-bond donors (Lipinski definition) is 2. The highest BCUT2D eigenvalue weighted by Gasteiger charge is 2.19. The number of carbonyl (C=O) groups is 1. The van der Waals surface area contributed by atoms with Gasteiger partial charge in [-0.2, -0.15) is 0 Å². The number of hydrogen-bond acceptors (Lipinski definition) is 4. The number of rotatable bonds is 2. The number of para-hydroxylation sites is 2. The summed E-state index contributed by atoms with van der Waals surface area (Å²) in [4.78, 5) is 25.7. The molecule has 1 saturated heterocycles. The fourth-order valence-electron chi connectivity index (χ4n) is 2.70. The number of nitrogens with one attached hydrogen (secondary N) is 2. The normalized spacial score (nSPS) is 15.0. The van der Waals surface area contributed by atoms with Gasteiger partial charge in [0.15, 0.2) is 0 Å². The zero-order valence-electron chi connectivity index (χ0n) is 12.2. The highest BCUT2D eigenvalue weighted by Crippen LogP contribution is 2.30. The Morgan fingerprint density at radius 3 is 2.96 bits per heavy atom. The van der Waals surface area contributed by atoms with Crippen LogP contribution < -0.4 is 10.2 Å². The number of H-pyrrole nitrogens is 1. The smallest absolute Gasteiger partial charge is 0.239 e. The molecule has 0 atom stereocenters. The van der Waals surface area contributed by atoms with Crippen LogP contribution >= 0.6 is 11.6 Å². The van der Waals surface area contributed by atoms with E-state index in [1.54, 1.807) is 6.20 Å². The van der Waals surface area contributed by atoms with Crippen molar-refractivity contribution in [3.63, 3.8) is 0 Å². The van der Waals surface area contributed by atoms with E-state index in [1.807, 2.05) is 35.2 Å². The van der Waals surface area contributed by atoms with Crippen molar-refractivity contribution in [3.8, 4) is 11.4 Å². The van der Waals surface area contributed by atoms with E-state index in [-0.39, 0.29) is 5.91 Å². The number of imidazole rings is 1. The minimum Gasteiger partial charge on any atom is -0.353 e. The van der Waals surface area contributed by atoms with Crippen molar-refractivity contribution >= 4 is 34.4 Å². The van der Waals surface area contributed by atoms with Gasteiger partial charge in [-0.05, 0) is 18.2 Å². The average Bonchev–Trinajstić information content (AvgIpc) is 2.99. The third-order valence-electron chi connectivity index (χ3n) is 3.85. The maximum Gasteiger partial charge on any atom is 0.239 e. The van der Waals surface area contributed by atoms with Gasteiger partial charge in [0.1, 0.15) is 11.6 Å². The number of amides is 1. The van der Waals surface area contributed by atoms with Crippen molar-refractivity contribution in [1.29, 1.82) is 0 Å². The van der Waals surface area contributed by atoms with E-state index in [9.17, 15) is 4.79 Å². The summed E-state index contributed by atoms with van der Waals surface area (Å²) in [5, 5.41) is 3.33. The fourth-order valence-corrected chi connectivity index (χ4v) is 2.89. The molecule has 2 aromatic heterocycles. The number of pyridine rings is 1. The van der Waals surface area contributed by atoms with Crippen molar-refractivity contribution < 1.29 is 4.79 Å². The molecule has 7 heteroatoms. The largest absolute Gasteiger partial charge is 0.353 e. The monoisotopic (exact) mass is 327 g/mol. The van der Waals surface area contributed by atoms with E-state index in [0.717, 1.165) is 29.0 Å². The van der Waals surface area contributed by atoms with E-state index in [4.69, 9.17) is 11.6 Å². The third-order valence-corrected chi connectivity index (χ3v) is 4.15. The molecule has 3 aromatic rings. The first kappa shape index (κ1) is 14.0. The number of fused-ring (bicyclic) bond motifs is 1. The number of aromatic nitrogens is 3. The van der Waals surface area contributed by atoms with Crippen LogP contribution in [0.25, 0.3) is 22.4 Å². The van der Waals surface area contributed by atoms with Gasteiger partial charge in [-0.15, -0.1) is 0 Å². The number of halogens is 1. The van der Waals surface area contributed by atoms with Crippen LogP contribution in [0.4, 0.5) is 5.82 Å². The first-order valence-electron chi connectivity index (χ1n) is 7.33. The van der Waals surface area contributed by atoms with Gasteiger partial charge < -0.3 is 15.2 Å². The molecule has 3 heterocycles. The molecule has 1 aromatic carbocycles. The van der Waals surface area contributed by atoms with Crippen LogP contribution in [0.3, 0.4) is 0 Å². The molecule has 1 aliphatic heterocycles. The summed E-state index contributed by atoms with van der Waals surface area (Å²) in [6, 6.07) is 9.69. The number of anilines is 1. The van der Waals surface area contributed by atoms with Gasteiger partial charge in [0.25, 0.3) is 0 Å². The summed E-state index contributed by atoms with van der Waals surface area (Å²) >= 11 is 6.31. The van der Waals surface area contributed by atoms with E-state index >= 15 is 0 Å². The number of carbonyl (C=O) groups excluding carboxylic acids is 1. The van der Waals surface area contributed by atoms with Gasteiger partial charge in [0.05, 0.1) is 22.6 Å². The summed E-state index contributed by atoms with van der Waals surface area (Å²) in [7, 11) is 0. The van der Waals surface area contributed by atoms with Crippen LogP contribution in [0.1, 0.15) is 0 Å². The molecule has 6 nitrogen and oxygen atoms in total. The summed E-state index contributed by atoms with van der Waals surface area (Å²) < 4.78 is 0. The minimum atomic E-state index is -0.00159. The van der Waals surface area contributed by atoms with Gasteiger partial charge in [-0.25, -0.2) is 9.97 Å². The van der Waals surface area contributed by atoms with E-state index < -0.39 is 0 Å². The van der Waals surface area contributed by atoms with Crippen LogP contribution in [0.5, 0.6) is 0 Å². The molecule has 116 valence electrons. The molecular formula is C16H14ClN5O. The Bertz CT molecular complexity index is 858. The van der Waals surface area contributed by atoms with E-state index in [2.05, 4.69) is 20.3 Å². The lowest BCUT2D eigenvalue weighted by atomic mass is 10.2. The first-order chi connectivity index (χ1) is 11.2. The third kappa shape index (κ3) is 2.61. The SMILES string of the molecule is O=C1CN(c2cc(-c3nc4ccccc4[nH]3)c(Cl)cn2)CCN1. The van der Waals surface area contributed by atoms with Crippen molar-refractivity contribution in [2.45, 2.75) is 0 Å². The first-order valence-corrected chi connectivity index (χ1v) is 7.71. The van der Waals surface area contributed by atoms with Gasteiger partial charge in [-0.1, -0.05) is 23.7 Å². The van der Waals surface area contributed by atoms with Crippen LogP contribution in [-0.4, -0.2) is 40.5 Å². The second kappa shape index (κ2) is 5.55. The molecule has 1 aliphatic rings. The summed E-state index contributed by atoms with van der Waals surface area (Å²) in [6.45, 7) is 1.64. The number of piperazine rings is 1.